The molecule has 1 aliphatic rings. The molecule has 0 bridgehead atoms. The van der Waals surface area contributed by atoms with Crippen LogP contribution in [0.5, 0.6) is 0 Å². The molecule has 0 aromatic rings. The van der Waals surface area contributed by atoms with Crippen LogP contribution in [-0.2, 0) is 0 Å². The molecule has 0 radical (unpaired) electrons. The molecule has 0 saturated carbocycles. The van der Waals surface area contributed by atoms with Gasteiger partial charge in [0.2, 0.25) is 0 Å². The molecule has 3 N–H and O–H groups in total. The van der Waals surface area contributed by atoms with E-state index in [-0.39, 0.29) is 0 Å². The van der Waals surface area contributed by atoms with Gasteiger partial charge in [-0.15, -0.1) is 0 Å². The van der Waals surface area contributed by atoms with E-state index >= 15 is 0 Å². The molecule has 1 aliphatic heterocycles. The molecule has 2 heteroatoms. The fraction of sp³-hybridized carbons (Fsp3) is 1.00. The van der Waals surface area contributed by atoms with Crippen molar-refractivity contribution in [1.29, 1.82) is 0 Å². The van der Waals surface area contributed by atoms with Gasteiger partial charge in [-0.3, -0.25) is 0 Å². The van der Waals surface area contributed by atoms with E-state index in [1.165, 1.54) is 12.8 Å². The van der Waals surface area contributed by atoms with Crippen molar-refractivity contribution in [2.45, 2.75) is 38.8 Å². The number of rotatable bonds is 0. The minimum absolute atomic E-state index is 0.382. The van der Waals surface area contributed by atoms with Gasteiger partial charge in [0.05, 0.1) is 0 Å². The van der Waals surface area contributed by atoms with Crippen LogP contribution >= 0.6 is 0 Å². The van der Waals surface area contributed by atoms with Gasteiger partial charge >= 0.3 is 0 Å². The van der Waals surface area contributed by atoms with Gasteiger partial charge in [0.1, 0.15) is 0 Å². The molecule has 0 aromatic heterocycles. The van der Waals surface area contributed by atoms with Crippen molar-refractivity contribution < 1.29 is 0 Å². The molecular formula is C8H18N2. The monoisotopic (exact) mass is 142 g/mol. The standard InChI is InChI=1S/C8H18N2/c1-6-3-4-8(9)5-10-7(6)2/h6-8,10H,3-5,9H2,1-2H3/t6?,7-,8-/m0/s1. The van der Waals surface area contributed by atoms with Crippen LogP contribution < -0.4 is 11.1 Å². The van der Waals surface area contributed by atoms with E-state index in [0.717, 1.165) is 12.5 Å². The smallest absolute Gasteiger partial charge is 0.0165 e. The molecule has 0 amide bonds. The van der Waals surface area contributed by atoms with Gasteiger partial charge in [0, 0.05) is 18.6 Å². The number of nitrogens with one attached hydrogen (secondary N) is 1. The van der Waals surface area contributed by atoms with E-state index in [1.54, 1.807) is 0 Å². The summed E-state index contributed by atoms with van der Waals surface area (Å²) in [6.45, 7) is 5.52. The highest BCUT2D eigenvalue weighted by Crippen LogP contribution is 2.14. The first-order valence-electron chi connectivity index (χ1n) is 4.19. The average molecular weight is 142 g/mol. The minimum atomic E-state index is 0.382. The lowest BCUT2D eigenvalue weighted by Gasteiger charge is -2.16. The Morgan fingerprint density at radius 1 is 1.30 bits per heavy atom. The summed E-state index contributed by atoms with van der Waals surface area (Å²) in [7, 11) is 0. The Hall–Kier alpha value is -0.0800. The van der Waals surface area contributed by atoms with Crippen molar-refractivity contribution in [2.75, 3.05) is 6.54 Å². The van der Waals surface area contributed by atoms with E-state index in [9.17, 15) is 0 Å². The maximum absolute atomic E-state index is 5.80. The molecule has 60 valence electrons. The van der Waals surface area contributed by atoms with Crippen LogP contribution in [0.15, 0.2) is 0 Å². The molecule has 1 fully saturated rings. The highest BCUT2D eigenvalue weighted by Gasteiger charge is 2.17. The second-order valence-corrected chi connectivity index (χ2v) is 3.51. The molecule has 1 unspecified atom stereocenters. The Morgan fingerprint density at radius 2 is 2.00 bits per heavy atom. The van der Waals surface area contributed by atoms with Crippen molar-refractivity contribution >= 4 is 0 Å². The van der Waals surface area contributed by atoms with Crippen molar-refractivity contribution in [3.63, 3.8) is 0 Å². The lowest BCUT2D eigenvalue weighted by atomic mass is 9.99. The highest BCUT2D eigenvalue weighted by atomic mass is 14.9. The summed E-state index contributed by atoms with van der Waals surface area (Å²) in [5.74, 6) is 0.786. The Balaban J connectivity index is 2.38. The summed E-state index contributed by atoms with van der Waals surface area (Å²) >= 11 is 0. The summed E-state index contributed by atoms with van der Waals surface area (Å²) < 4.78 is 0. The lowest BCUT2D eigenvalue weighted by molar-refractivity contribution is 0.415. The van der Waals surface area contributed by atoms with E-state index < -0.39 is 0 Å². The second kappa shape index (κ2) is 3.35. The van der Waals surface area contributed by atoms with Crippen molar-refractivity contribution in [1.82, 2.24) is 5.32 Å². The summed E-state index contributed by atoms with van der Waals surface area (Å²) in [6, 6.07) is 1.03. The summed E-state index contributed by atoms with van der Waals surface area (Å²) in [5, 5.41) is 3.42. The summed E-state index contributed by atoms with van der Waals surface area (Å²) in [4.78, 5) is 0. The second-order valence-electron chi connectivity index (χ2n) is 3.51. The Labute approximate surface area is 63.2 Å². The summed E-state index contributed by atoms with van der Waals surface area (Å²) in [6.07, 6.45) is 2.45. The maximum atomic E-state index is 5.80. The third-order valence-corrected chi connectivity index (χ3v) is 2.55. The van der Waals surface area contributed by atoms with E-state index in [1.807, 2.05) is 0 Å². The van der Waals surface area contributed by atoms with E-state index in [2.05, 4.69) is 19.2 Å². The van der Waals surface area contributed by atoms with Crippen LogP contribution in [0.1, 0.15) is 26.7 Å². The third-order valence-electron chi connectivity index (χ3n) is 2.55. The van der Waals surface area contributed by atoms with Gasteiger partial charge in [-0.05, 0) is 25.7 Å². The quantitative estimate of drug-likeness (QED) is 0.523. The first-order valence-corrected chi connectivity index (χ1v) is 4.19. The van der Waals surface area contributed by atoms with Crippen molar-refractivity contribution in [3.05, 3.63) is 0 Å². The zero-order valence-electron chi connectivity index (χ0n) is 6.93. The van der Waals surface area contributed by atoms with Crippen molar-refractivity contribution in [2.24, 2.45) is 11.7 Å². The molecule has 0 spiro atoms. The number of nitrogens with two attached hydrogens (primary N) is 1. The van der Waals surface area contributed by atoms with Crippen molar-refractivity contribution in [3.8, 4) is 0 Å². The molecule has 3 atom stereocenters. The topological polar surface area (TPSA) is 38.0 Å². The van der Waals surface area contributed by atoms with E-state index in [4.69, 9.17) is 5.73 Å². The molecule has 2 nitrogen and oxygen atoms in total. The van der Waals surface area contributed by atoms with Crippen LogP contribution in [-0.4, -0.2) is 18.6 Å². The molecule has 1 heterocycles. The fourth-order valence-electron chi connectivity index (χ4n) is 1.37. The molecule has 1 rings (SSSR count). The Bertz CT molecular complexity index is 91.4. The highest BCUT2D eigenvalue weighted by molar-refractivity contribution is 4.78. The van der Waals surface area contributed by atoms with Crippen LogP contribution in [0.25, 0.3) is 0 Å². The Kier molecular flexibility index (Phi) is 2.69. The third kappa shape index (κ3) is 1.96. The van der Waals surface area contributed by atoms with Gasteiger partial charge in [-0.2, -0.15) is 0 Å². The average Bonchev–Trinajstić information content (AvgIpc) is 2.04. The van der Waals surface area contributed by atoms with Crippen LogP contribution in [0.4, 0.5) is 0 Å². The summed E-state index contributed by atoms with van der Waals surface area (Å²) in [5.41, 5.74) is 5.80. The Morgan fingerprint density at radius 3 is 2.70 bits per heavy atom. The molecule has 0 aliphatic carbocycles. The predicted molar refractivity (Wildman–Crippen MR) is 43.8 cm³/mol. The number of hydrogen-bond donors (Lipinski definition) is 2. The molecule has 1 saturated heterocycles. The molecular weight excluding hydrogens is 124 g/mol. The number of hydrogen-bond acceptors (Lipinski definition) is 2. The molecule has 10 heavy (non-hydrogen) atoms. The van der Waals surface area contributed by atoms with Gasteiger partial charge in [-0.25, -0.2) is 0 Å². The fourth-order valence-corrected chi connectivity index (χ4v) is 1.37. The van der Waals surface area contributed by atoms with Gasteiger partial charge in [-0.1, -0.05) is 6.92 Å². The predicted octanol–water partition coefficient (Wildman–Crippen LogP) is 0.722. The SMILES string of the molecule is CC1CC[C@H](N)CN[C@H]1C. The van der Waals surface area contributed by atoms with Crippen LogP contribution in [0.2, 0.25) is 0 Å². The minimum Gasteiger partial charge on any atom is -0.327 e. The normalized spacial score (nSPS) is 42.9. The van der Waals surface area contributed by atoms with Gasteiger partial charge < -0.3 is 11.1 Å². The lowest BCUT2D eigenvalue weighted by Crippen LogP contribution is -2.36. The van der Waals surface area contributed by atoms with Gasteiger partial charge in [0.15, 0.2) is 0 Å². The van der Waals surface area contributed by atoms with Crippen LogP contribution in [0, 0.1) is 5.92 Å². The van der Waals surface area contributed by atoms with E-state index in [0.29, 0.717) is 12.1 Å². The largest absolute Gasteiger partial charge is 0.327 e. The van der Waals surface area contributed by atoms with Gasteiger partial charge in [0.25, 0.3) is 0 Å². The zero-order valence-corrected chi connectivity index (χ0v) is 6.93. The molecule has 0 aromatic carbocycles. The first kappa shape index (κ1) is 8.02. The maximum Gasteiger partial charge on any atom is 0.0165 e. The first-order chi connectivity index (χ1) is 4.70. The zero-order chi connectivity index (χ0) is 7.56. The van der Waals surface area contributed by atoms with Crippen LogP contribution in [0.3, 0.4) is 0 Å².